The summed E-state index contributed by atoms with van der Waals surface area (Å²) in [5.74, 6) is 1.26. The maximum Gasteiger partial charge on any atom is 0.0583 e. The Hall–Kier alpha value is -0.0800. The smallest absolute Gasteiger partial charge is 0.0583 e. The fourth-order valence-corrected chi connectivity index (χ4v) is 3.83. The van der Waals surface area contributed by atoms with Crippen molar-refractivity contribution in [1.29, 1.82) is 0 Å². The molecular weight excluding hydrogens is 222 g/mol. The van der Waals surface area contributed by atoms with Crippen molar-refractivity contribution in [2.24, 2.45) is 17.3 Å². The average molecular weight is 253 g/mol. The van der Waals surface area contributed by atoms with Gasteiger partial charge in [-0.15, -0.1) is 0 Å². The molecule has 2 heteroatoms. The summed E-state index contributed by atoms with van der Waals surface area (Å²) < 4.78 is 0. The molecule has 0 amide bonds. The van der Waals surface area contributed by atoms with E-state index in [0.717, 1.165) is 18.9 Å². The highest BCUT2D eigenvalue weighted by molar-refractivity contribution is 4.91. The van der Waals surface area contributed by atoms with Crippen LogP contribution in [0.3, 0.4) is 0 Å². The third-order valence-corrected chi connectivity index (χ3v) is 5.20. The predicted molar refractivity (Wildman–Crippen MR) is 76.6 cm³/mol. The first kappa shape index (κ1) is 14.3. The Labute approximate surface area is 113 Å². The normalized spacial score (nSPS) is 39.3. The summed E-state index contributed by atoms with van der Waals surface area (Å²) in [5, 5.41) is 14.1. The van der Waals surface area contributed by atoms with Crippen LogP contribution in [0.5, 0.6) is 0 Å². The summed E-state index contributed by atoms with van der Waals surface area (Å²) in [5.41, 5.74) is 0.392. The minimum atomic E-state index is -0.0702. The van der Waals surface area contributed by atoms with Crippen LogP contribution in [0.2, 0.25) is 0 Å². The van der Waals surface area contributed by atoms with Crippen LogP contribution in [0.25, 0.3) is 0 Å². The molecule has 1 aliphatic carbocycles. The van der Waals surface area contributed by atoms with Gasteiger partial charge in [0, 0.05) is 12.0 Å². The van der Waals surface area contributed by atoms with Crippen molar-refractivity contribution in [3.05, 3.63) is 0 Å². The summed E-state index contributed by atoms with van der Waals surface area (Å²) in [6, 6.07) is 0.563. The predicted octanol–water partition coefficient (Wildman–Crippen LogP) is 3.34. The summed E-state index contributed by atoms with van der Waals surface area (Å²) in [4.78, 5) is 0. The zero-order valence-corrected chi connectivity index (χ0v) is 12.4. The standard InChI is InChI=1S/C16H31NO/c1-16(2,3)12-8-9-15(18)13(11-12)14-7-5-4-6-10-17-14/h12-15,17-18H,4-11H2,1-3H3. The first-order valence-corrected chi connectivity index (χ1v) is 7.90. The number of hydrogen-bond acceptors (Lipinski definition) is 2. The van der Waals surface area contributed by atoms with Crippen LogP contribution >= 0.6 is 0 Å². The fourth-order valence-electron chi connectivity index (χ4n) is 3.83. The monoisotopic (exact) mass is 253 g/mol. The maximum absolute atomic E-state index is 10.4. The highest BCUT2D eigenvalue weighted by Gasteiger charge is 2.38. The number of nitrogens with one attached hydrogen (secondary N) is 1. The van der Waals surface area contributed by atoms with Crippen LogP contribution in [-0.4, -0.2) is 23.8 Å². The minimum Gasteiger partial charge on any atom is -0.393 e. The molecule has 2 aliphatic rings. The molecule has 1 saturated carbocycles. The maximum atomic E-state index is 10.4. The van der Waals surface area contributed by atoms with Gasteiger partial charge in [-0.2, -0.15) is 0 Å². The van der Waals surface area contributed by atoms with E-state index < -0.39 is 0 Å². The molecule has 2 fully saturated rings. The molecule has 0 radical (unpaired) electrons. The van der Waals surface area contributed by atoms with Crippen LogP contribution < -0.4 is 5.32 Å². The Balaban J connectivity index is 2.00. The summed E-state index contributed by atoms with van der Waals surface area (Å²) in [6.07, 6.45) is 8.61. The van der Waals surface area contributed by atoms with E-state index in [1.165, 1.54) is 38.5 Å². The third kappa shape index (κ3) is 3.48. The van der Waals surface area contributed by atoms with Crippen molar-refractivity contribution in [2.45, 2.75) is 77.9 Å². The number of rotatable bonds is 1. The van der Waals surface area contributed by atoms with E-state index in [9.17, 15) is 5.11 Å². The molecule has 2 nitrogen and oxygen atoms in total. The Kier molecular flexibility index (Phi) is 4.71. The largest absolute Gasteiger partial charge is 0.393 e. The SMILES string of the molecule is CC(C)(C)C1CCC(O)C(C2CCCCCN2)C1. The van der Waals surface area contributed by atoms with Crippen LogP contribution in [0.1, 0.15) is 65.7 Å². The van der Waals surface area contributed by atoms with Gasteiger partial charge >= 0.3 is 0 Å². The molecule has 1 aliphatic heterocycles. The molecule has 4 unspecified atom stereocenters. The molecule has 2 rings (SSSR count). The van der Waals surface area contributed by atoms with Gasteiger partial charge < -0.3 is 10.4 Å². The van der Waals surface area contributed by atoms with Crippen molar-refractivity contribution in [2.75, 3.05) is 6.54 Å². The molecular formula is C16H31NO. The first-order chi connectivity index (χ1) is 8.48. The lowest BCUT2D eigenvalue weighted by Crippen LogP contribution is -2.46. The van der Waals surface area contributed by atoms with Gasteiger partial charge in [0.15, 0.2) is 0 Å². The minimum absolute atomic E-state index is 0.0702. The number of aliphatic hydroxyl groups is 1. The van der Waals surface area contributed by atoms with Crippen LogP contribution in [0.4, 0.5) is 0 Å². The number of hydrogen-bond donors (Lipinski definition) is 2. The fraction of sp³-hybridized carbons (Fsp3) is 1.00. The summed E-state index contributed by atoms with van der Waals surface area (Å²) >= 11 is 0. The van der Waals surface area contributed by atoms with Crippen molar-refractivity contribution >= 4 is 0 Å². The Morgan fingerprint density at radius 3 is 2.50 bits per heavy atom. The topological polar surface area (TPSA) is 32.3 Å². The molecule has 106 valence electrons. The molecule has 0 bridgehead atoms. The summed E-state index contributed by atoms with van der Waals surface area (Å²) in [6.45, 7) is 8.21. The van der Waals surface area contributed by atoms with Gasteiger partial charge in [-0.1, -0.05) is 33.6 Å². The highest BCUT2D eigenvalue weighted by atomic mass is 16.3. The van der Waals surface area contributed by atoms with Gasteiger partial charge in [0.05, 0.1) is 6.10 Å². The molecule has 2 N–H and O–H groups in total. The van der Waals surface area contributed by atoms with Crippen LogP contribution in [0.15, 0.2) is 0 Å². The zero-order valence-electron chi connectivity index (χ0n) is 12.4. The molecule has 4 atom stereocenters. The van der Waals surface area contributed by atoms with E-state index in [0.29, 0.717) is 17.4 Å². The zero-order chi connectivity index (χ0) is 13.2. The van der Waals surface area contributed by atoms with E-state index in [4.69, 9.17) is 0 Å². The van der Waals surface area contributed by atoms with Gasteiger partial charge in [0.25, 0.3) is 0 Å². The number of aliphatic hydroxyl groups excluding tert-OH is 1. The van der Waals surface area contributed by atoms with E-state index >= 15 is 0 Å². The average Bonchev–Trinajstić information content (AvgIpc) is 2.56. The molecule has 0 aromatic carbocycles. The van der Waals surface area contributed by atoms with E-state index in [2.05, 4.69) is 26.1 Å². The Morgan fingerprint density at radius 1 is 1.00 bits per heavy atom. The lowest BCUT2D eigenvalue weighted by atomic mass is 9.66. The van der Waals surface area contributed by atoms with Gasteiger partial charge in [0.2, 0.25) is 0 Å². The molecule has 0 spiro atoms. The second-order valence-corrected chi connectivity index (χ2v) is 7.52. The molecule has 18 heavy (non-hydrogen) atoms. The lowest BCUT2D eigenvalue weighted by molar-refractivity contribution is 0.00178. The quantitative estimate of drug-likeness (QED) is 0.751. The van der Waals surface area contributed by atoms with Crippen molar-refractivity contribution in [1.82, 2.24) is 5.32 Å². The van der Waals surface area contributed by atoms with Crippen molar-refractivity contribution < 1.29 is 5.11 Å². The van der Waals surface area contributed by atoms with Gasteiger partial charge in [-0.3, -0.25) is 0 Å². The second-order valence-electron chi connectivity index (χ2n) is 7.52. The Bertz CT molecular complexity index is 250. The van der Waals surface area contributed by atoms with Crippen LogP contribution in [0, 0.1) is 17.3 Å². The second kappa shape index (κ2) is 5.92. The molecule has 1 saturated heterocycles. The Morgan fingerprint density at radius 2 is 1.78 bits per heavy atom. The first-order valence-electron chi connectivity index (χ1n) is 7.90. The van der Waals surface area contributed by atoms with Crippen LogP contribution in [-0.2, 0) is 0 Å². The van der Waals surface area contributed by atoms with Gasteiger partial charge in [-0.25, -0.2) is 0 Å². The lowest BCUT2D eigenvalue weighted by Gasteiger charge is -2.43. The van der Waals surface area contributed by atoms with E-state index in [1.807, 2.05) is 0 Å². The molecule has 0 aromatic heterocycles. The van der Waals surface area contributed by atoms with Gasteiger partial charge in [0.1, 0.15) is 0 Å². The molecule has 1 heterocycles. The van der Waals surface area contributed by atoms with E-state index in [1.54, 1.807) is 0 Å². The summed E-state index contributed by atoms with van der Waals surface area (Å²) in [7, 11) is 0. The highest BCUT2D eigenvalue weighted by Crippen LogP contribution is 2.42. The van der Waals surface area contributed by atoms with Gasteiger partial charge in [-0.05, 0) is 50.0 Å². The third-order valence-electron chi connectivity index (χ3n) is 5.20. The van der Waals surface area contributed by atoms with Crippen molar-refractivity contribution in [3.63, 3.8) is 0 Å². The molecule has 0 aromatic rings. The van der Waals surface area contributed by atoms with E-state index in [-0.39, 0.29) is 6.10 Å². The van der Waals surface area contributed by atoms with Crippen molar-refractivity contribution in [3.8, 4) is 0 Å².